The van der Waals surface area contributed by atoms with Gasteiger partial charge in [0.2, 0.25) is 0 Å². The molecular formula is C11H11NO3S. The number of nitrogens with two attached hydrogens (primary N) is 1. The zero-order valence-electron chi connectivity index (χ0n) is 8.29. The van der Waals surface area contributed by atoms with Crippen LogP contribution in [0.1, 0.15) is 17.2 Å². The molecule has 4 nitrogen and oxygen atoms in total. The standard InChI is InChI=1S/C11H11NO3S/c12-11(6-1-2-16-5-6)10-8(14)3-7(13)4-9(10)15/h1-5,11,13-15H,12H2/t11-/m0/s1. The largest absolute Gasteiger partial charge is 0.508 e. The maximum Gasteiger partial charge on any atom is 0.128 e. The first-order valence-electron chi connectivity index (χ1n) is 4.62. The molecule has 5 N–H and O–H groups in total. The lowest BCUT2D eigenvalue weighted by molar-refractivity contribution is 0.416. The average molecular weight is 237 g/mol. The number of benzene rings is 1. The lowest BCUT2D eigenvalue weighted by Gasteiger charge is -2.14. The molecule has 16 heavy (non-hydrogen) atoms. The summed E-state index contributed by atoms with van der Waals surface area (Å²) in [7, 11) is 0. The highest BCUT2D eigenvalue weighted by atomic mass is 32.1. The van der Waals surface area contributed by atoms with Gasteiger partial charge in [-0.1, -0.05) is 0 Å². The maximum atomic E-state index is 9.64. The summed E-state index contributed by atoms with van der Waals surface area (Å²) in [4.78, 5) is 0. The Morgan fingerprint density at radius 1 is 1.12 bits per heavy atom. The monoisotopic (exact) mass is 237 g/mol. The number of hydrogen-bond acceptors (Lipinski definition) is 5. The Hall–Kier alpha value is -1.72. The Kier molecular flexibility index (Phi) is 2.72. The Labute approximate surface area is 96.2 Å². The first-order valence-corrected chi connectivity index (χ1v) is 5.56. The van der Waals surface area contributed by atoms with Crippen LogP contribution in [0.5, 0.6) is 17.2 Å². The van der Waals surface area contributed by atoms with E-state index in [2.05, 4.69) is 0 Å². The fourth-order valence-corrected chi connectivity index (χ4v) is 2.24. The van der Waals surface area contributed by atoms with Crippen molar-refractivity contribution in [1.29, 1.82) is 0 Å². The molecule has 0 aliphatic rings. The first-order chi connectivity index (χ1) is 7.59. The summed E-state index contributed by atoms with van der Waals surface area (Å²) in [6, 6.07) is 3.52. The summed E-state index contributed by atoms with van der Waals surface area (Å²) >= 11 is 1.48. The van der Waals surface area contributed by atoms with Crippen LogP contribution in [-0.2, 0) is 0 Å². The number of thiophene rings is 1. The van der Waals surface area contributed by atoms with Crippen molar-refractivity contribution in [1.82, 2.24) is 0 Å². The van der Waals surface area contributed by atoms with E-state index < -0.39 is 6.04 Å². The van der Waals surface area contributed by atoms with Crippen LogP contribution < -0.4 is 5.73 Å². The zero-order chi connectivity index (χ0) is 11.7. The van der Waals surface area contributed by atoms with Gasteiger partial charge in [-0.15, -0.1) is 0 Å². The third kappa shape index (κ3) is 1.82. The third-order valence-corrected chi connectivity index (χ3v) is 3.04. The number of phenols is 3. The average Bonchev–Trinajstić information content (AvgIpc) is 2.67. The molecule has 0 saturated heterocycles. The summed E-state index contributed by atoms with van der Waals surface area (Å²) in [6.07, 6.45) is 0. The second-order valence-electron chi connectivity index (χ2n) is 3.43. The van der Waals surface area contributed by atoms with E-state index >= 15 is 0 Å². The number of rotatable bonds is 2. The van der Waals surface area contributed by atoms with Crippen LogP contribution >= 0.6 is 11.3 Å². The number of hydrogen-bond donors (Lipinski definition) is 4. The van der Waals surface area contributed by atoms with Gasteiger partial charge in [-0.3, -0.25) is 0 Å². The number of phenolic OH excluding ortho intramolecular Hbond substituents is 3. The third-order valence-electron chi connectivity index (χ3n) is 2.33. The van der Waals surface area contributed by atoms with Crippen molar-refractivity contribution in [2.75, 3.05) is 0 Å². The van der Waals surface area contributed by atoms with E-state index in [1.807, 2.05) is 16.8 Å². The van der Waals surface area contributed by atoms with E-state index in [0.717, 1.165) is 17.7 Å². The predicted molar refractivity (Wildman–Crippen MR) is 61.8 cm³/mol. The topological polar surface area (TPSA) is 86.7 Å². The summed E-state index contributed by atoms with van der Waals surface area (Å²) in [6.45, 7) is 0. The van der Waals surface area contributed by atoms with Gasteiger partial charge < -0.3 is 21.1 Å². The van der Waals surface area contributed by atoms with Crippen LogP contribution in [0.2, 0.25) is 0 Å². The van der Waals surface area contributed by atoms with Crippen molar-refractivity contribution in [3.8, 4) is 17.2 Å². The molecule has 1 aromatic carbocycles. The fourth-order valence-electron chi connectivity index (χ4n) is 1.55. The predicted octanol–water partition coefficient (Wildman–Crippen LogP) is 1.91. The molecule has 2 aromatic rings. The van der Waals surface area contributed by atoms with Crippen LogP contribution in [0.15, 0.2) is 29.0 Å². The van der Waals surface area contributed by atoms with Crippen LogP contribution in [0.4, 0.5) is 0 Å². The highest BCUT2D eigenvalue weighted by molar-refractivity contribution is 7.08. The molecule has 1 aromatic heterocycles. The second-order valence-corrected chi connectivity index (χ2v) is 4.21. The molecule has 1 heterocycles. The maximum absolute atomic E-state index is 9.64. The SMILES string of the molecule is N[C@@H](c1ccsc1)c1c(O)cc(O)cc1O. The van der Waals surface area contributed by atoms with E-state index in [1.165, 1.54) is 11.3 Å². The van der Waals surface area contributed by atoms with Gasteiger partial charge in [-0.2, -0.15) is 11.3 Å². The normalized spacial score (nSPS) is 12.6. The molecule has 0 amide bonds. The molecule has 0 radical (unpaired) electrons. The molecule has 0 spiro atoms. The molecular weight excluding hydrogens is 226 g/mol. The molecule has 0 bridgehead atoms. The quantitative estimate of drug-likeness (QED) is 0.642. The minimum absolute atomic E-state index is 0.198. The summed E-state index contributed by atoms with van der Waals surface area (Å²) in [5.74, 6) is -0.622. The van der Waals surface area contributed by atoms with E-state index in [4.69, 9.17) is 5.73 Å². The Bertz CT molecular complexity index is 473. The number of aromatic hydroxyl groups is 3. The fraction of sp³-hybridized carbons (Fsp3) is 0.0909. The van der Waals surface area contributed by atoms with Crippen LogP contribution in [0, 0.1) is 0 Å². The summed E-state index contributed by atoms with van der Waals surface area (Å²) in [5.41, 5.74) is 6.94. The Morgan fingerprint density at radius 2 is 1.75 bits per heavy atom. The van der Waals surface area contributed by atoms with Gasteiger partial charge in [0.25, 0.3) is 0 Å². The molecule has 1 atom stereocenters. The Balaban J connectivity index is 2.48. The first kappa shape index (κ1) is 10.8. The second kappa shape index (κ2) is 4.03. The molecule has 84 valence electrons. The van der Waals surface area contributed by atoms with Gasteiger partial charge in [-0.25, -0.2) is 0 Å². The van der Waals surface area contributed by atoms with Gasteiger partial charge in [0.1, 0.15) is 17.2 Å². The molecule has 0 aliphatic heterocycles. The lowest BCUT2D eigenvalue weighted by atomic mass is 10.00. The van der Waals surface area contributed by atoms with Crippen molar-refractivity contribution in [2.45, 2.75) is 6.04 Å². The van der Waals surface area contributed by atoms with Crippen LogP contribution in [-0.4, -0.2) is 15.3 Å². The summed E-state index contributed by atoms with van der Waals surface area (Å²) < 4.78 is 0. The van der Waals surface area contributed by atoms with Crippen LogP contribution in [0.25, 0.3) is 0 Å². The van der Waals surface area contributed by atoms with E-state index in [9.17, 15) is 15.3 Å². The van der Waals surface area contributed by atoms with Crippen molar-refractivity contribution >= 4 is 11.3 Å². The van der Waals surface area contributed by atoms with E-state index in [1.54, 1.807) is 0 Å². The smallest absolute Gasteiger partial charge is 0.128 e. The van der Waals surface area contributed by atoms with E-state index in [0.29, 0.717) is 0 Å². The molecule has 2 rings (SSSR count). The van der Waals surface area contributed by atoms with Crippen molar-refractivity contribution in [2.24, 2.45) is 5.73 Å². The van der Waals surface area contributed by atoms with Crippen molar-refractivity contribution in [3.63, 3.8) is 0 Å². The lowest BCUT2D eigenvalue weighted by Crippen LogP contribution is -2.11. The summed E-state index contributed by atoms with van der Waals surface area (Å²) in [5, 5.41) is 32.2. The van der Waals surface area contributed by atoms with Gasteiger partial charge in [0.15, 0.2) is 0 Å². The highest BCUT2D eigenvalue weighted by Gasteiger charge is 2.18. The highest BCUT2D eigenvalue weighted by Crippen LogP contribution is 2.38. The van der Waals surface area contributed by atoms with Gasteiger partial charge in [0.05, 0.1) is 11.6 Å². The van der Waals surface area contributed by atoms with Crippen LogP contribution in [0.3, 0.4) is 0 Å². The Morgan fingerprint density at radius 3 is 2.25 bits per heavy atom. The van der Waals surface area contributed by atoms with Gasteiger partial charge in [-0.05, 0) is 22.4 Å². The minimum atomic E-state index is -0.605. The van der Waals surface area contributed by atoms with Crippen molar-refractivity contribution in [3.05, 3.63) is 40.1 Å². The molecule has 0 saturated carbocycles. The molecule has 0 aliphatic carbocycles. The van der Waals surface area contributed by atoms with Crippen molar-refractivity contribution < 1.29 is 15.3 Å². The molecule has 0 unspecified atom stereocenters. The molecule has 5 heteroatoms. The molecule has 0 fully saturated rings. The zero-order valence-corrected chi connectivity index (χ0v) is 9.11. The van der Waals surface area contributed by atoms with Gasteiger partial charge >= 0.3 is 0 Å². The van der Waals surface area contributed by atoms with E-state index in [-0.39, 0.29) is 22.8 Å². The minimum Gasteiger partial charge on any atom is -0.508 e. The van der Waals surface area contributed by atoms with Gasteiger partial charge in [0, 0.05) is 12.1 Å².